The molecule has 30 heavy (non-hydrogen) atoms. The number of nitrogens with zero attached hydrogens (tertiary/aromatic N) is 1. The van der Waals surface area contributed by atoms with E-state index in [1.54, 1.807) is 24.3 Å². The fourth-order valence-electron chi connectivity index (χ4n) is 3.81. The van der Waals surface area contributed by atoms with Crippen LogP contribution in [0, 0.1) is 5.41 Å². The number of aliphatic carboxylic acids is 1. The zero-order chi connectivity index (χ0) is 22.1. The predicted molar refractivity (Wildman–Crippen MR) is 111 cm³/mol. The van der Waals surface area contributed by atoms with Crippen molar-refractivity contribution in [2.45, 2.75) is 51.0 Å². The summed E-state index contributed by atoms with van der Waals surface area (Å²) in [5, 5.41) is 19.5. The van der Waals surface area contributed by atoms with Crippen LogP contribution in [0.15, 0.2) is 24.3 Å². The Bertz CT molecular complexity index is 780. The van der Waals surface area contributed by atoms with Crippen molar-refractivity contribution in [3.63, 3.8) is 0 Å². The molecule has 1 aliphatic heterocycles. The van der Waals surface area contributed by atoms with Gasteiger partial charge in [0.05, 0.1) is 18.6 Å². The summed E-state index contributed by atoms with van der Waals surface area (Å²) < 4.78 is 5.74. The zero-order valence-corrected chi connectivity index (χ0v) is 17.3. The second-order valence-corrected chi connectivity index (χ2v) is 7.50. The van der Waals surface area contributed by atoms with Gasteiger partial charge in [-0.3, -0.25) is 19.8 Å². The Labute approximate surface area is 176 Å². The molecule has 0 saturated carbocycles. The van der Waals surface area contributed by atoms with Crippen LogP contribution >= 0.6 is 0 Å². The number of hydrogen-bond donors (Lipinski definition) is 4. The minimum atomic E-state index is -0.995. The quantitative estimate of drug-likeness (QED) is 0.175. The van der Waals surface area contributed by atoms with Crippen LogP contribution in [0.2, 0.25) is 0 Å². The summed E-state index contributed by atoms with van der Waals surface area (Å²) in [5.74, 6) is -1.75. The number of ether oxygens (including phenoxy) is 1. The molecule has 1 aliphatic rings. The van der Waals surface area contributed by atoms with Gasteiger partial charge in [0.1, 0.15) is 11.6 Å². The number of carbonyl (C=O) groups is 3. The molecule has 0 bridgehead atoms. The first-order chi connectivity index (χ1) is 14.3. The monoisotopic (exact) mass is 418 g/mol. The molecule has 2 rings (SSSR count). The lowest BCUT2D eigenvalue weighted by molar-refractivity contribution is -0.156. The maximum Gasteiger partial charge on any atom is 0.312 e. The third kappa shape index (κ3) is 5.95. The highest BCUT2D eigenvalue weighted by Gasteiger charge is 2.44. The van der Waals surface area contributed by atoms with Crippen LogP contribution in [-0.4, -0.2) is 58.9 Å². The summed E-state index contributed by atoms with van der Waals surface area (Å²) in [6.45, 7) is 2.96. The molecule has 9 heteroatoms. The molecule has 1 saturated heterocycles. The highest BCUT2D eigenvalue weighted by molar-refractivity contribution is 6.35. The number of unbranched alkanes of at least 4 members (excludes halogenated alkanes) is 1. The molecule has 1 aromatic rings. The van der Waals surface area contributed by atoms with E-state index in [4.69, 9.17) is 15.9 Å². The lowest BCUT2D eigenvalue weighted by atomic mass is 9.82. The summed E-state index contributed by atoms with van der Waals surface area (Å²) >= 11 is 0. The normalized spacial score (nSPS) is 16.0. The molecule has 1 fully saturated rings. The third-order valence-corrected chi connectivity index (χ3v) is 5.33. The fourth-order valence-corrected chi connectivity index (χ4v) is 3.81. The van der Waals surface area contributed by atoms with Crippen LogP contribution in [-0.2, 0) is 14.4 Å². The van der Waals surface area contributed by atoms with Gasteiger partial charge in [0.15, 0.2) is 0 Å². The number of amidine groups is 1. The maximum absolute atomic E-state index is 12.5. The first kappa shape index (κ1) is 23.2. The summed E-state index contributed by atoms with van der Waals surface area (Å²) in [6.07, 6.45) is 2.86. The van der Waals surface area contributed by atoms with E-state index >= 15 is 0 Å². The van der Waals surface area contributed by atoms with E-state index in [0.717, 1.165) is 12.8 Å². The lowest BCUT2D eigenvalue weighted by Gasteiger charge is -2.45. The van der Waals surface area contributed by atoms with Crippen molar-refractivity contribution < 1.29 is 24.2 Å². The van der Waals surface area contributed by atoms with Crippen LogP contribution < -0.4 is 15.8 Å². The number of carboxylic acids is 1. The van der Waals surface area contributed by atoms with Gasteiger partial charge >= 0.3 is 17.8 Å². The minimum absolute atomic E-state index is 0.0221. The minimum Gasteiger partial charge on any atom is -0.494 e. The van der Waals surface area contributed by atoms with Gasteiger partial charge in [-0.1, -0.05) is 19.8 Å². The summed E-state index contributed by atoms with van der Waals surface area (Å²) in [5.41, 5.74) is 5.12. The Morgan fingerprint density at radius 3 is 2.53 bits per heavy atom. The molecule has 0 spiro atoms. The smallest absolute Gasteiger partial charge is 0.312 e. The van der Waals surface area contributed by atoms with Gasteiger partial charge in [-0.05, 0) is 43.5 Å². The van der Waals surface area contributed by atoms with Crippen molar-refractivity contribution >= 4 is 23.6 Å². The largest absolute Gasteiger partial charge is 0.494 e. The van der Waals surface area contributed by atoms with Crippen LogP contribution in [0.4, 0.5) is 0 Å². The molecule has 1 atom stereocenters. The van der Waals surface area contributed by atoms with E-state index < -0.39 is 23.3 Å². The number of amides is 2. The molecule has 5 N–H and O–H groups in total. The van der Waals surface area contributed by atoms with Gasteiger partial charge in [0.25, 0.3) is 0 Å². The molecule has 0 radical (unpaired) electrons. The second kappa shape index (κ2) is 10.6. The molecule has 164 valence electrons. The second-order valence-electron chi connectivity index (χ2n) is 7.50. The van der Waals surface area contributed by atoms with Crippen LogP contribution in [0.5, 0.6) is 5.75 Å². The van der Waals surface area contributed by atoms with Crippen molar-refractivity contribution in [2.24, 2.45) is 5.73 Å². The number of carboxylic acid groups (broad SMARTS) is 1. The SMILES string of the molecule is CCCCC(CCCOc1ccc(C(=N)N)cc1)(CC(=O)O)N1CCNC(=O)C1=O. The van der Waals surface area contributed by atoms with Crippen molar-refractivity contribution in [1.82, 2.24) is 10.2 Å². The van der Waals surface area contributed by atoms with E-state index in [0.29, 0.717) is 50.3 Å². The number of nitrogens with two attached hydrogens (primary N) is 1. The van der Waals surface area contributed by atoms with Gasteiger partial charge in [-0.2, -0.15) is 0 Å². The van der Waals surface area contributed by atoms with E-state index in [2.05, 4.69) is 5.32 Å². The van der Waals surface area contributed by atoms with Crippen molar-refractivity contribution in [1.29, 1.82) is 5.41 Å². The number of nitrogens with one attached hydrogen (secondary N) is 2. The van der Waals surface area contributed by atoms with E-state index in [1.807, 2.05) is 6.92 Å². The topological polar surface area (TPSA) is 146 Å². The summed E-state index contributed by atoms with van der Waals surface area (Å²) in [7, 11) is 0. The molecular formula is C21H30N4O5. The first-order valence-electron chi connectivity index (χ1n) is 10.2. The van der Waals surface area contributed by atoms with Gasteiger partial charge in [-0.25, -0.2) is 0 Å². The molecule has 0 aromatic heterocycles. The lowest BCUT2D eigenvalue weighted by Crippen LogP contribution is -2.62. The Hall–Kier alpha value is -3.10. The maximum atomic E-state index is 12.5. The number of benzene rings is 1. The zero-order valence-electron chi connectivity index (χ0n) is 17.3. The summed E-state index contributed by atoms with van der Waals surface area (Å²) in [6, 6.07) is 6.82. The first-order valence-corrected chi connectivity index (χ1v) is 10.2. The van der Waals surface area contributed by atoms with E-state index in [9.17, 15) is 19.5 Å². The number of nitrogen functional groups attached to an aromatic ring is 1. The standard InChI is InChI=1S/C21H30N4O5/c1-2-3-9-21(14-17(26)27,25-12-11-24-19(28)20(25)29)10-4-13-30-16-7-5-15(6-8-16)18(22)23/h5-8H,2-4,9-14H2,1H3,(H3,22,23)(H,24,28)(H,26,27). The van der Waals surface area contributed by atoms with Crippen LogP contribution in [0.25, 0.3) is 0 Å². The Kier molecular flexibility index (Phi) is 8.20. The van der Waals surface area contributed by atoms with E-state index in [-0.39, 0.29) is 12.3 Å². The predicted octanol–water partition coefficient (Wildman–Crippen LogP) is 1.49. The molecule has 2 amide bonds. The average molecular weight is 418 g/mol. The highest BCUT2D eigenvalue weighted by atomic mass is 16.5. The molecule has 1 unspecified atom stereocenters. The van der Waals surface area contributed by atoms with Crippen molar-refractivity contribution in [2.75, 3.05) is 19.7 Å². The number of rotatable bonds is 12. The van der Waals surface area contributed by atoms with Crippen molar-refractivity contribution in [3.8, 4) is 5.75 Å². The van der Waals surface area contributed by atoms with Gasteiger partial charge in [-0.15, -0.1) is 0 Å². The Balaban J connectivity index is 2.09. The van der Waals surface area contributed by atoms with Crippen LogP contribution in [0.3, 0.4) is 0 Å². The molecule has 1 heterocycles. The number of carbonyl (C=O) groups excluding carboxylic acids is 2. The summed E-state index contributed by atoms with van der Waals surface area (Å²) in [4.78, 5) is 37.5. The average Bonchev–Trinajstić information content (AvgIpc) is 2.71. The van der Waals surface area contributed by atoms with Gasteiger partial charge in [0.2, 0.25) is 0 Å². The highest BCUT2D eigenvalue weighted by Crippen LogP contribution is 2.33. The van der Waals surface area contributed by atoms with Crippen LogP contribution in [0.1, 0.15) is 51.0 Å². The Morgan fingerprint density at radius 1 is 1.27 bits per heavy atom. The molecule has 9 nitrogen and oxygen atoms in total. The fraction of sp³-hybridized carbons (Fsp3) is 0.524. The Morgan fingerprint density at radius 2 is 1.93 bits per heavy atom. The molecule has 0 aliphatic carbocycles. The number of piperazine rings is 1. The molecule has 1 aromatic carbocycles. The number of hydrogen-bond acceptors (Lipinski definition) is 5. The third-order valence-electron chi connectivity index (χ3n) is 5.33. The molecular weight excluding hydrogens is 388 g/mol. The van der Waals surface area contributed by atoms with Gasteiger partial charge in [0, 0.05) is 18.7 Å². The van der Waals surface area contributed by atoms with Gasteiger partial charge < -0.3 is 25.8 Å². The van der Waals surface area contributed by atoms with E-state index in [1.165, 1.54) is 4.90 Å². The van der Waals surface area contributed by atoms with Crippen molar-refractivity contribution in [3.05, 3.63) is 29.8 Å².